The summed E-state index contributed by atoms with van der Waals surface area (Å²) < 4.78 is 51.9. The fourth-order valence-corrected chi connectivity index (χ4v) is 2.49. The fraction of sp³-hybridized carbons (Fsp3) is 0.500. The molecule has 116 valence electrons. The first-order valence-electron chi connectivity index (χ1n) is 6.65. The number of amides is 1. The smallest absolute Gasteiger partial charge is 0.339 e. The van der Waals surface area contributed by atoms with E-state index in [0.29, 0.717) is 18.9 Å². The van der Waals surface area contributed by atoms with E-state index in [-0.39, 0.29) is 6.04 Å². The minimum atomic E-state index is -4.76. The maximum Gasteiger partial charge on any atom is 0.417 e. The highest BCUT2D eigenvalue weighted by Crippen LogP contribution is 2.33. The molecule has 0 unspecified atom stereocenters. The molecule has 0 saturated carbocycles. The third kappa shape index (κ3) is 3.53. The summed E-state index contributed by atoms with van der Waals surface area (Å²) in [6, 6.07) is 2.03. The van der Waals surface area contributed by atoms with E-state index < -0.39 is 29.0 Å². The number of nitrogens with one attached hydrogen (secondary N) is 1. The first-order chi connectivity index (χ1) is 9.80. The van der Waals surface area contributed by atoms with Crippen LogP contribution in [-0.4, -0.2) is 37.0 Å². The molecule has 0 radical (unpaired) electrons. The number of hydrogen-bond acceptors (Lipinski definition) is 2. The van der Waals surface area contributed by atoms with Crippen molar-refractivity contribution in [2.75, 3.05) is 20.1 Å². The van der Waals surface area contributed by atoms with Crippen LogP contribution in [0, 0.1) is 5.82 Å². The van der Waals surface area contributed by atoms with Crippen molar-refractivity contribution >= 4 is 5.91 Å². The van der Waals surface area contributed by atoms with Crippen molar-refractivity contribution in [1.29, 1.82) is 0 Å². The van der Waals surface area contributed by atoms with Gasteiger partial charge in [0.25, 0.3) is 5.91 Å². The van der Waals surface area contributed by atoms with Gasteiger partial charge < -0.3 is 10.2 Å². The normalized spacial score (nSPS) is 16.8. The minimum absolute atomic E-state index is 0.107. The Balaban J connectivity index is 2.30. The predicted octanol–water partition coefficient (Wildman–Crippen LogP) is 2.67. The molecular formula is C14H16F4N2O. The Morgan fingerprint density at radius 3 is 2.48 bits per heavy atom. The highest BCUT2D eigenvalue weighted by atomic mass is 19.4. The first-order valence-corrected chi connectivity index (χ1v) is 6.65. The molecule has 0 atom stereocenters. The fourth-order valence-electron chi connectivity index (χ4n) is 2.49. The van der Waals surface area contributed by atoms with E-state index in [1.165, 1.54) is 11.9 Å². The minimum Gasteiger partial charge on any atom is -0.339 e. The molecule has 1 heterocycles. The van der Waals surface area contributed by atoms with Gasteiger partial charge in [-0.15, -0.1) is 0 Å². The van der Waals surface area contributed by atoms with Crippen LogP contribution in [0.2, 0.25) is 0 Å². The van der Waals surface area contributed by atoms with E-state index in [1.54, 1.807) is 0 Å². The van der Waals surface area contributed by atoms with Gasteiger partial charge in [-0.2, -0.15) is 13.2 Å². The van der Waals surface area contributed by atoms with Crippen LogP contribution < -0.4 is 5.32 Å². The average molecular weight is 304 g/mol. The largest absolute Gasteiger partial charge is 0.417 e. The van der Waals surface area contributed by atoms with E-state index in [9.17, 15) is 22.4 Å². The Kier molecular flexibility index (Phi) is 4.51. The number of benzene rings is 1. The summed E-state index contributed by atoms with van der Waals surface area (Å²) in [4.78, 5) is 13.6. The van der Waals surface area contributed by atoms with Crippen LogP contribution in [0.4, 0.5) is 17.6 Å². The standard InChI is InChI=1S/C14H16F4N2O/c1-20(10-4-6-19-7-5-10)13(21)11-3-2-9(15)8-12(11)14(16,17)18/h2-3,8,10,19H,4-7H2,1H3. The van der Waals surface area contributed by atoms with Crippen molar-refractivity contribution in [3.8, 4) is 0 Å². The number of hydrogen-bond donors (Lipinski definition) is 1. The molecule has 0 aliphatic carbocycles. The zero-order chi connectivity index (χ0) is 15.6. The summed E-state index contributed by atoms with van der Waals surface area (Å²) in [5.41, 5.74) is -1.74. The molecule has 7 heteroatoms. The van der Waals surface area contributed by atoms with Gasteiger partial charge in [0, 0.05) is 13.1 Å². The van der Waals surface area contributed by atoms with Gasteiger partial charge in [-0.1, -0.05) is 0 Å². The Hall–Kier alpha value is -1.63. The number of nitrogens with zero attached hydrogens (tertiary/aromatic N) is 1. The van der Waals surface area contributed by atoms with Crippen LogP contribution in [-0.2, 0) is 6.18 Å². The summed E-state index contributed by atoms with van der Waals surface area (Å²) in [5, 5.41) is 3.12. The lowest BCUT2D eigenvalue weighted by Gasteiger charge is -2.32. The van der Waals surface area contributed by atoms with Crippen molar-refractivity contribution < 1.29 is 22.4 Å². The second-order valence-electron chi connectivity index (χ2n) is 5.08. The van der Waals surface area contributed by atoms with E-state index in [1.807, 2.05) is 0 Å². The van der Waals surface area contributed by atoms with E-state index in [2.05, 4.69) is 5.32 Å². The molecule has 1 amide bonds. The molecule has 0 spiro atoms. The van der Waals surface area contributed by atoms with Crippen molar-refractivity contribution in [3.63, 3.8) is 0 Å². The molecular weight excluding hydrogens is 288 g/mol. The number of alkyl halides is 3. The second-order valence-corrected chi connectivity index (χ2v) is 5.08. The molecule has 1 aliphatic rings. The Labute approximate surface area is 119 Å². The summed E-state index contributed by atoms with van der Waals surface area (Å²) in [7, 11) is 1.49. The molecule has 1 aromatic rings. The SMILES string of the molecule is CN(C(=O)c1ccc(F)cc1C(F)(F)F)C1CCNCC1. The van der Waals surface area contributed by atoms with Crippen LogP contribution in [0.25, 0.3) is 0 Å². The lowest BCUT2D eigenvalue weighted by atomic mass is 10.0. The highest BCUT2D eigenvalue weighted by molar-refractivity contribution is 5.96. The maximum absolute atomic E-state index is 13.1. The Morgan fingerprint density at radius 2 is 1.90 bits per heavy atom. The zero-order valence-electron chi connectivity index (χ0n) is 11.5. The molecule has 1 N–H and O–H groups in total. The molecule has 1 fully saturated rings. The van der Waals surface area contributed by atoms with Crippen molar-refractivity contribution in [1.82, 2.24) is 10.2 Å². The van der Waals surface area contributed by atoms with Gasteiger partial charge in [-0.25, -0.2) is 4.39 Å². The summed E-state index contributed by atoms with van der Waals surface area (Å²) >= 11 is 0. The number of piperidine rings is 1. The first kappa shape index (κ1) is 15.8. The van der Waals surface area contributed by atoms with Gasteiger partial charge in [0.15, 0.2) is 0 Å². The third-order valence-electron chi connectivity index (χ3n) is 3.69. The number of carbonyl (C=O) groups excluding carboxylic acids is 1. The molecule has 0 aromatic heterocycles. The Bertz CT molecular complexity index is 524. The lowest BCUT2D eigenvalue weighted by molar-refractivity contribution is -0.138. The quantitative estimate of drug-likeness (QED) is 0.852. The van der Waals surface area contributed by atoms with Gasteiger partial charge in [-0.3, -0.25) is 4.79 Å². The van der Waals surface area contributed by atoms with Gasteiger partial charge in [0.05, 0.1) is 11.1 Å². The topological polar surface area (TPSA) is 32.3 Å². The van der Waals surface area contributed by atoms with Crippen LogP contribution in [0.5, 0.6) is 0 Å². The van der Waals surface area contributed by atoms with Crippen LogP contribution >= 0.6 is 0 Å². The monoisotopic (exact) mass is 304 g/mol. The molecule has 1 aromatic carbocycles. The van der Waals surface area contributed by atoms with Crippen LogP contribution in [0.3, 0.4) is 0 Å². The highest BCUT2D eigenvalue weighted by Gasteiger charge is 2.37. The van der Waals surface area contributed by atoms with Crippen LogP contribution in [0.1, 0.15) is 28.8 Å². The Morgan fingerprint density at radius 1 is 1.29 bits per heavy atom. The molecule has 0 bridgehead atoms. The van der Waals surface area contributed by atoms with Gasteiger partial charge >= 0.3 is 6.18 Å². The van der Waals surface area contributed by atoms with Gasteiger partial charge in [-0.05, 0) is 44.1 Å². The van der Waals surface area contributed by atoms with E-state index in [0.717, 1.165) is 25.2 Å². The number of halogens is 4. The van der Waals surface area contributed by atoms with Gasteiger partial charge in [0.1, 0.15) is 5.82 Å². The molecule has 21 heavy (non-hydrogen) atoms. The lowest BCUT2D eigenvalue weighted by Crippen LogP contribution is -2.44. The molecule has 1 saturated heterocycles. The van der Waals surface area contributed by atoms with Gasteiger partial charge in [0.2, 0.25) is 0 Å². The predicted molar refractivity (Wildman–Crippen MR) is 69.4 cm³/mol. The second kappa shape index (κ2) is 6.01. The maximum atomic E-state index is 13.1. The van der Waals surface area contributed by atoms with E-state index in [4.69, 9.17) is 0 Å². The molecule has 3 nitrogen and oxygen atoms in total. The van der Waals surface area contributed by atoms with Crippen molar-refractivity contribution in [2.45, 2.75) is 25.1 Å². The summed E-state index contributed by atoms with van der Waals surface area (Å²) in [5.74, 6) is -1.74. The van der Waals surface area contributed by atoms with Crippen molar-refractivity contribution in [3.05, 3.63) is 35.1 Å². The number of carbonyl (C=O) groups is 1. The molecule has 2 rings (SSSR count). The average Bonchev–Trinajstić information content (AvgIpc) is 2.45. The zero-order valence-corrected chi connectivity index (χ0v) is 11.5. The summed E-state index contributed by atoms with van der Waals surface area (Å²) in [6.07, 6.45) is -3.39. The molecule has 1 aliphatic heterocycles. The van der Waals surface area contributed by atoms with Crippen molar-refractivity contribution in [2.24, 2.45) is 0 Å². The third-order valence-corrected chi connectivity index (χ3v) is 3.69. The summed E-state index contributed by atoms with van der Waals surface area (Å²) in [6.45, 7) is 1.44. The van der Waals surface area contributed by atoms with E-state index >= 15 is 0 Å². The number of rotatable bonds is 2. The van der Waals surface area contributed by atoms with Crippen LogP contribution in [0.15, 0.2) is 18.2 Å².